The van der Waals surface area contributed by atoms with Crippen LogP contribution in [0.25, 0.3) is 0 Å². The smallest absolute Gasteiger partial charge is 0.244 e. The molecule has 0 bridgehead atoms. The lowest BCUT2D eigenvalue weighted by Crippen LogP contribution is -2.40. The number of sulfonamides is 1. The number of hydrogen-bond acceptors (Lipinski definition) is 4. The fourth-order valence-electron chi connectivity index (χ4n) is 2.66. The van der Waals surface area contributed by atoms with Crippen molar-refractivity contribution in [3.63, 3.8) is 0 Å². The molecule has 2 rings (SSSR count). The summed E-state index contributed by atoms with van der Waals surface area (Å²) in [7, 11) is -1.89. The minimum absolute atomic E-state index is 0.304. The monoisotopic (exact) mass is 390 g/mol. The van der Waals surface area contributed by atoms with Crippen LogP contribution < -0.4 is 10.1 Å². The fourth-order valence-corrected chi connectivity index (χ4v) is 5.15. The molecule has 22 heavy (non-hydrogen) atoms. The summed E-state index contributed by atoms with van der Waals surface area (Å²) in [6.45, 7) is 5.17. The Kier molecular flexibility index (Phi) is 6.26. The zero-order chi connectivity index (χ0) is 16.2. The predicted molar refractivity (Wildman–Crippen MR) is 90.7 cm³/mol. The van der Waals surface area contributed by atoms with Gasteiger partial charge in [-0.2, -0.15) is 4.31 Å². The molecule has 0 atom stereocenters. The Morgan fingerprint density at radius 3 is 2.59 bits per heavy atom. The molecule has 1 heterocycles. The van der Waals surface area contributed by atoms with E-state index in [1.165, 1.54) is 0 Å². The van der Waals surface area contributed by atoms with E-state index < -0.39 is 10.0 Å². The van der Waals surface area contributed by atoms with Gasteiger partial charge in [-0.3, -0.25) is 0 Å². The first-order valence-corrected chi connectivity index (χ1v) is 9.76. The highest BCUT2D eigenvalue weighted by molar-refractivity contribution is 9.10. The minimum Gasteiger partial charge on any atom is -0.497 e. The standard InChI is InChI=1S/C15H23BrN2O3S/c1-3-17-11-12-6-8-18(9-7-12)22(19,20)15-5-4-13(21-2)10-14(15)16/h4-5,10,12,17H,3,6-9,11H2,1-2H3. The Morgan fingerprint density at radius 1 is 1.36 bits per heavy atom. The molecule has 0 unspecified atom stereocenters. The van der Waals surface area contributed by atoms with Crippen molar-refractivity contribution < 1.29 is 13.2 Å². The second kappa shape index (κ2) is 7.77. The molecule has 0 amide bonds. The molecule has 124 valence electrons. The number of nitrogens with one attached hydrogen (secondary N) is 1. The zero-order valence-corrected chi connectivity index (χ0v) is 15.4. The Balaban J connectivity index is 2.08. The van der Waals surface area contributed by atoms with Crippen LogP contribution in [0.1, 0.15) is 19.8 Å². The molecule has 7 heteroatoms. The maximum atomic E-state index is 12.8. The van der Waals surface area contributed by atoms with Gasteiger partial charge >= 0.3 is 0 Å². The zero-order valence-electron chi connectivity index (χ0n) is 13.0. The summed E-state index contributed by atoms with van der Waals surface area (Å²) in [5.41, 5.74) is 0. The van der Waals surface area contributed by atoms with E-state index in [-0.39, 0.29) is 0 Å². The first kappa shape index (κ1) is 17.7. The van der Waals surface area contributed by atoms with Crippen LogP contribution in [0.2, 0.25) is 0 Å². The van der Waals surface area contributed by atoms with Crippen molar-refractivity contribution in [3.8, 4) is 5.75 Å². The minimum atomic E-state index is -3.45. The van der Waals surface area contributed by atoms with E-state index in [0.29, 0.717) is 34.1 Å². The van der Waals surface area contributed by atoms with Gasteiger partial charge in [-0.25, -0.2) is 8.42 Å². The summed E-state index contributed by atoms with van der Waals surface area (Å²) < 4.78 is 32.8. The highest BCUT2D eigenvalue weighted by Gasteiger charge is 2.30. The largest absolute Gasteiger partial charge is 0.497 e. The summed E-state index contributed by atoms with van der Waals surface area (Å²) in [5.74, 6) is 1.20. The summed E-state index contributed by atoms with van der Waals surface area (Å²) in [5, 5.41) is 3.34. The third-order valence-electron chi connectivity index (χ3n) is 4.01. The van der Waals surface area contributed by atoms with Gasteiger partial charge < -0.3 is 10.1 Å². The van der Waals surface area contributed by atoms with Crippen molar-refractivity contribution in [3.05, 3.63) is 22.7 Å². The predicted octanol–water partition coefficient (Wildman–Crippen LogP) is 2.47. The van der Waals surface area contributed by atoms with Gasteiger partial charge in [0.2, 0.25) is 10.0 Å². The molecule has 1 aromatic carbocycles. The normalized spacial score (nSPS) is 17.6. The Hall–Kier alpha value is -0.630. The molecular formula is C15H23BrN2O3S. The van der Waals surface area contributed by atoms with Crippen LogP contribution in [-0.4, -0.2) is 46.0 Å². The SMILES string of the molecule is CCNCC1CCN(S(=O)(=O)c2ccc(OC)cc2Br)CC1. The molecule has 1 N–H and O–H groups in total. The average molecular weight is 391 g/mol. The quantitative estimate of drug-likeness (QED) is 0.810. The van der Waals surface area contributed by atoms with Crippen LogP contribution in [0.15, 0.2) is 27.6 Å². The molecule has 1 aliphatic rings. The van der Waals surface area contributed by atoms with Crippen molar-refractivity contribution in [1.29, 1.82) is 0 Å². The van der Waals surface area contributed by atoms with Crippen LogP contribution in [0.4, 0.5) is 0 Å². The maximum Gasteiger partial charge on any atom is 0.244 e. The van der Waals surface area contributed by atoms with Gasteiger partial charge in [0.15, 0.2) is 0 Å². The molecule has 0 aromatic heterocycles. The van der Waals surface area contributed by atoms with Gasteiger partial charge in [-0.1, -0.05) is 6.92 Å². The summed E-state index contributed by atoms with van der Waals surface area (Å²) in [6, 6.07) is 4.96. The maximum absolute atomic E-state index is 12.8. The van der Waals surface area contributed by atoms with Crippen molar-refractivity contribution in [2.45, 2.75) is 24.7 Å². The van der Waals surface area contributed by atoms with E-state index in [4.69, 9.17) is 4.74 Å². The van der Waals surface area contributed by atoms with Crippen LogP contribution >= 0.6 is 15.9 Å². The highest BCUT2D eigenvalue weighted by Crippen LogP contribution is 2.30. The molecule has 0 saturated carbocycles. The van der Waals surface area contributed by atoms with Crippen molar-refractivity contribution in [2.75, 3.05) is 33.3 Å². The van der Waals surface area contributed by atoms with Crippen molar-refractivity contribution >= 4 is 26.0 Å². The third-order valence-corrected chi connectivity index (χ3v) is 6.89. The number of halogens is 1. The Labute approximate surface area is 141 Å². The summed E-state index contributed by atoms with van der Waals surface area (Å²) in [6.07, 6.45) is 1.81. The fraction of sp³-hybridized carbons (Fsp3) is 0.600. The molecule has 1 aliphatic heterocycles. The highest BCUT2D eigenvalue weighted by atomic mass is 79.9. The number of piperidine rings is 1. The first-order valence-electron chi connectivity index (χ1n) is 7.53. The van der Waals surface area contributed by atoms with Crippen LogP contribution in [0.3, 0.4) is 0 Å². The number of methoxy groups -OCH3 is 1. The number of hydrogen-bond donors (Lipinski definition) is 1. The first-order chi connectivity index (χ1) is 10.5. The van der Waals surface area contributed by atoms with Gasteiger partial charge in [0.1, 0.15) is 5.75 Å². The summed E-state index contributed by atoms with van der Waals surface area (Å²) >= 11 is 3.34. The van der Waals surface area contributed by atoms with Gasteiger partial charge in [0.05, 0.1) is 12.0 Å². The van der Waals surface area contributed by atoms with E-state index in [2.05, 4.69) is 28.2 Å². The molecule has 1 aromatic rings. The lowest BCUT2D eigenvalue weighted by molar-refractivity contribution is 0.268. The number of ether oxygens (including phenoxy) is 1. The second-order valence-electron chi connectivity index (χ2n) is 5.45. The van der Waals surface area contributed by atoms with E-state index in [1.807, 2.05) is 0 Å². The number of nitrogens with zero attached hydrogens (tertiary/aromatic N) is 1. The molecule has 1 fully saturated rings. The van der Waals surface area contributed by atoms with Crippen LogP contribution in [-0.2, 0) is 10.0 Å². The molecule has 0 spiro atoms. The van der Waals surface area contributed by atoms with Gasteiger partial charge in [-0.05, 0) is 66.0 Å². The van der Waals surface area contributed by atoms with E-state index in [1.54, 1.807) is 29.6 Å². The van der Waals surface area contributed by atoms with Crippen LogP contribution in [0, 0.1) is 5.92 Å². The molecule has 5 nitrogen and oxygen atoms in total. The van der Waals surface area contributed by atoms with Gasteiger partial charge in [0.25, 0.3) is 0 Å². The van der Waals surface area contributed by atoms with Crippen molar-refractivity contribution in [2.24, 2.45) is 5.92 Å². The van der Waals surface area contributed by atoms with Gasteiger partial charge in [-0.15, -0.1) is 0 Å². The van der Waals surface area contributed by atoms with Crippen molar-refractivity contribution in [1.82, 2.24) is 9.62 Å². The average Bonchev–Trinajstić information content (AvgIpc) is 2.52. The lowest BCUT2D eigenvalue weighted by Gasteiger charge is -2.31. The Morgan fingerprint density at radius 2 is 2.05 bits per heavy atom. The number of rotatable bonds is 6. The Bertz CT molecular complexity index is 599. The van der Waals surface area contributed by atoms with E-state index in [9.17, 15) is 8.42 Å². The topological polar surface area (TPSA) is 58.6 Å². The molecule has 0 radical (unpaired) electrons. The molecule has 1 saturated heterocycles. The lowest BCUT2D eigenvalue weighted by atomic mass is 9.98. The van der Waals surface area contributed by atoms with Crippen LogP contribution in [0.5, 0.6) is 5.75 Å². The second-order valence-corrected chi connectivity index (χ2v) is 8.21. The number of benzene rings is 1. The summed E-state index contributed by atoms with van der Waals surface area (Å²) in [4.78, 5) is 0.304. The van der Waals surface area contributed by atoms with E-state index in [0.717, 1.165) is 25.9 Å². The van der Waals surface area contributed by atoms with E-state index >= 15 is 0 Å². The molecule has 0 aliphatic carbocycles. The molecular weight excluding hydrogens is 368 g/mol. The third kappa shape index (κ3) is 4.01. The van der Waals surface area contributed by atoms with Gasteiger partial charge in [0, 0.05) is 17.6 Å².